The minimum Gasteiger partial charge on any atom is -0.336 e. The van der Waals surface area contributed by atoms with Crippen LogP contribution >= 0.6 is 0 Å². The van der Waals surface area contributed by atoms with Gasteiger partial charge in [0.25, 0.3) is 5.91 Å². The number of carbonyl (C=O) groups excluding carboxylic acids is 1. The zero-order chi connectivity index (χ0) is 20.1. The minimum atomic E-state index is -3.77. The lowest BCUT2D eigenvalue weighted by molar-refractivity contribution is 0.0644. The molecule has 1 fully saturated rings. The number of carbonyl (C=O) groups is 1. The number of nitrogens with one attached hydrogen (secondary N) is 1. The highest BCUT2D eigenvalue weighted by atomic mass is 32.2. The standard InChI is InChI=1S/C17H23N3O5S2/c1-3-7-18-27(24,25)16-6-4-5-15(14-16)17(21)20-10-8-19(9-11-20)12-13-26(2,22)23/h1,4-6,14,18H,7-13H2,2H3. The van der Waals surface area contributed by atoms with E-state index in [0.717, 1.165) is 0 Å². The maximum Gasteiger partial charge on any atom is 0.253 e. The number of benzene rings is 1. The maximum absolute atomic E-state index is 12.7. The Balaban J connectivity index is 2.01. The summed E-state index contributed by atoms with van der Waals surface area (Å²) in [6.45, 7) is 2.36. The Labute approximate surface area is 160 Å². The summed E-state index contributed by atoms with van der Waals surface area (Å²) in [6.07, 6.45) is 6.27. The molecule has 0 bridgehead atoms. The molecule has 0 aliphatic carbocycles. The van der Waals surface area contributed by atoms with Crippen LogP contribution in [0, 0.1) is 12.3 Å². The van der Waals surface area contributed by atoms with Gasteiger partial charge in [-0.25, -0.2) is 16.8 Å². The molecule has 1 aromatic carbocycles. The lowest BCUT2D eigenvalue weighted by atomic mass is 10.2. The molecular formula is C17H23N3O5S2. The molecular weight excluding hydrogens is 390 g/mol. The lowest BCUT2D eigenvalue weighted by Crippen LogP contribution is -2.49. The van der Waals surface area contributed by atoms with E-state index in [1.165, 1.54) is 24.5 Å². The van der Waals surface area contributed by atoms with Gasteiger partial charge in [-0.1, -0.05) is 12.0 Å². The number of hydrogen-bond acceptors (Lipinski definition) is 6. The van der Waals surface area contributed by atoms with Crippen molar-refractivity contribution in [1.29, 1.82) is 0 Å². The molecule has 1 aliphatic heterocycles. The second-order valence-electron chi connectivity index (χ2n) is 6.32. The zero-order valence-electron chi connectivity index (χ0n) is 15.1. The maximum atomic E-state index is 12.7. The van der Waals surface area contributed by atoms with E-state index in [2.05, 4.69) is 10.6 Å². The lowest BCUT2D eigenvalue weighted by Gasteiger charge is -2.34. The smallest absolute Gasteiger partial charge is 0.253 e. The predicted molar refractivity (Wildman–Crippen MR) is 103 cm³/mol. The first-order valence-electron chi connectivity index (χ1n) is 8.35. The van der Waals surface area contributed by atoms with Crippen molar-refractivity contribution < 1.29 is 21.6 Å². The highest BCUT2D eigenvalue weighted by molar-refractivity contribution is 7.90. The zero-order valence-corrected chi connectivity index (χ0v) is 16.7. The first kappa shape index (κ1) is 21.4. The fraction of sp³-hybridized carbons (Fsp3) is 0.471. The second kappa shape index (κ2) is 8.84. The Morgan fingerprint density at radius 1 is 1.19 bits per heavy atom. The average Bonchev–Trinajstić information content (AvgIpc) is 2.64. The molecule has 0 aromatic heterocycles. The van der Waals surface area contributed by atoms with Crippen LogP contribution in [0.4, 0.5) is 0 Å². The Bertz CT molecular complexity index is 928. The van der Waals surface area contributed by atoms with Crippen LogP contribution in [0.3, 0.4) is 0 Å². The molecule has 1 saturated heterocycles. The van der Waals surface area contributed by atoms with Gasteiger partial charge in [-0.2, -0.15) is 4.72 Å². The van der Waals surface area contributed by atoms with E-state index in [1.807, 2.05) is 4.90 Å². The summed E-state index contributed by atoms with van der Waals surface area (Å²) in [5.74, 6) is 2.03. The predicted octanol–water partition coefficient (Wildman–Crippen LogP) is -0.599. The molecule has 1 aromatic rings. The number of amides is 1. The monoisotopic (exact) mass is 413 g/mol. The van der Waals surface area contributed by atoms with Crippen LogP contribution in [0.15, 0.2) is 29.2 Å². The Morgan fingerprint density at radius 3 is 2.44 bits per heavy atom. The molecule has 8 nitrogen and oxygen atoms in total. The van der Waals surface area contributed by atoms with Gasteiger partial charge in [0.2, 0.25) is 10.0 Å². The minimum absolute atomic E-state index is 0.0182. The number of piperazine rings is 1. The molecule has 0 saturated carbocycles. The van der Waals surface area contributed by atoms with Crippen LogP contribution in [0.2, 0.25) is 0 Å². The Morgan fingerprint density at radius 2 is 1.85 bits per heavy atom. The van der Waals surface area contributed by atoms with Crippen molar-refractivity contribution in [3.8, 4) is 12.3 Å². The van der Waals surface area contributed by atoms with Gasteiger partial charge < -0.3 is 4.90 Å². The highest BCUT2D eigenvalue weighted by Crippen LogP contribution is 2.14. The van der Waals surface area contributed by atoms with Gasteiger partial charge in [0.1, 0.15) is 9.84 Å². The van der Waals surface area contributed by atoms with Crippen LogP contribution in [0.1, 0.15) is 10.4 Å². The van der Waals surface area contributed by atoms with Crippen molar-refractivity contribution in [3.63, 3.8) is 0 Å². The fourth-order valence-electron chi connectivity index (χ4n) is 2.67. The van der Waals surface area contributed by atoms with Gasteiger partial charge >= 0.3 is 0 Å². The van der Waals surface area contributed by atoms with E-state index < -0.39 is 19.9 Å². The van der Waals surface area contributed by atoms with Crippen LogP contribution < -0.4 is 4.72 Å². The van der Waals surface area contributed by atoms with Crippen molar-refractivity contribution >= 4 is 25.8 Å². The normalized spacial score (nSPS) is 16.1. The molecule has 10 heteroatoms. The quantitative estimate of drug-likeness (QED) is 0.599. The first-order valence-corrected chi connectivity index (χ1v) is 11.9. The highest BCUT2D eigenvalue weighted by Gasteiger charge is 2.24. The molecule has 0 radical (unpaired) electrons. The van der Waals surface area contributed by atoms with Crippen LogP contribution in [0.25, 0.3) is 0 Å². The number of hydrogen-bond donors (Lipinski definition) is 1. The summed E-state index contributed by atoms with van der Waals surface area (Å²) < 4.78 is 49.1. The molecule has 2 rings (SSSR count). The summed E-state index contributed by atoms with van der Waals surface area (Å²) in [7, 11) is -6.79. The molecule has 1 heterocycles. The number of nitrogens with zero attached hydrogens (tertiary/aromatic N) is 2. The average molecular weight is 414 g/mol. The van der Waals surface area contributed by atoms with Crippen LogP contribution in [0.5, 0.6) is 0 Å². The van der Waals surface area contributed by atoms with Crippen molar-refractivity contribution in [2.45, 2.75) is 4.90 Å². The van der Waals surface area contributed by atoms with Gasteiger partial charge in [0.05, 0.1) is 17.2 Å². The summed E-state index contributed by atoms with van der Waals surface area (Å²) in [5, 5.41) is 0. The van der Waals surface area contributed by atoms with Gasteiger partial charge in [-0.05, 0) is 18.2 Å². The number of sulfone groups is 1. The fourth-order valence-corrected chi connectivity index (χ4v) is 4.24. The molecule has 27 heavy (non-hydrogen) atoms. The van der Waals surface area contributed by atoms with E-state index in [1.54, 1.807) is 11.0 Å². The van der Waals surface area contributed by atoms with E-state index in [-0.39, 0.29) is 28.7 Å². The first-order chi connectivity index (χ1) is 12.6. The SMILES string of the molecule is C#CCNS(=O)(=O)c1cccc(C(=O)N2CCN(CCS(C)(=O)=O)CC2)c1. The largest absolute Gasteiger partial charge is 0.336 e. The van der Waals surface area contributed by atoms with Crippen LogP contribution in [-0.4, -0.2) is 83.8 Å². The molecule has 1 aliphatic rings. The third-order valence-electron chi connectivity index (χ3n) is 4.19. The van der Waals surface area contributed by atoms with Gasteiger partial charge in [0.15, 0.2) is 0 Å². The Kier molecular flexibility index (Phi) is 7.00. The van der Waals surface area contributed by atoms with E-state index in [9.17, 15) is 21.6 Å². The second-order valence-corrected chi connectivity index (χ2v) is 10.3. The summed E-state index contributed by atoms with van der Waals surface area (Å²) in [4.78, 5) is 16.3. The summed E-state index contributed by atoms with van der Waals surface area (Å²) >= 11 is 0. The third kappa shape index (κ3) is 6.32. The van der Waals surface area contributed by atoms with Crippen LogP contribution in [-0.2, 0) is 19.9 Å². The topological polar surface area (TPSA) is 104 Å². The molecule has 1 N–H and O–H groups in total. The number of rotatable bonds is 7. The number of sulfonamides is 1. The number of terminal acetylenes is 1. The summed E-state index contributed by atoms with van der Waals surface area (Å²) in [6, 6.07) is 5.81. The molecule has 0 spiro atoms. The van der Waals surface area contributed by atoms with E-state index in [4.69, 9.17) is 6.42 Å². The van der Waals surface area contributed by atoms with Gasteiger partial charge in [-0.3, -0.25) is 9.69 Å². The van der Waals surface area contributed by atoms with Crippen molar-refractivity contribution in [3.05, 3.63) is 29.8 Å². The van der Waals surface area contributed by atoms with E-state index >= 15 is 0 Å². The molecule has 148 valence electrons. The molecule has 0 atom stereocenters. The van der Waals surface area contributed by atoms with Crippen molar-refractivity contribution in [2.75, 3.05) is 51.3 Å². The summed E-state index contributed by atoms with van der Waals surface area (Å²) in [5.41, 5.74) is 0.281. The van der Waals surface area contributed by atoms with Gasteiger partial charge in [-0.15, -0.1) is 6.42 Å². The van der Waals surface area contributed by atoms with E-state index in [0.29, 0.717) is 32.7 Å². The third-order valence-corrected chi connectivity index (χ3v) is 6.52. The van der Waals surface area contributed by atoms with Crippen molar-refractivity contribution in [1.82, 2.24) is 14.5 Å². The molecule has 0 unspecified atom stereocenters. The van der Waals surface area contributed by atoms with Gasteiger partial charge in [0, 0.05) is 44.5 Å². The van der Waals surface area contributed by atoms with Crippen molar-refractivity contribution in [2.24, 2.45) is 0 Å². The Hall–Kier alpha value is -1.93. The molecule has 1 amide bonds.